The predicted octanol–water partition coefficient (Wildman–Crippen LogP) is 3.49. The molecule has 1 atom stereocenters. The van der Waals surface area contributed by atoms with Gasteiger partial charge in [-0.05, 0) is 37.4 Å². The average molecular weight is 433 g/mol. The van der Waals surface area contributed by atoms with Crippen LogP contribution in [0, 0.1) is 5.82 Å². The van der Waals surface area contributed by atoms with Crippen molar-refractivity contribution in [1.82, 2.24) is 10.2 Å². The summed E-state index contributed by atoms with van der Waals surface area (Å²) in [6.45, 7) is 3.47. The summed E-state index contributed by atoms with van der Waals surface area (Å²) in [6.07, 6.45) is 0. The maximum atomic E-state index is 14.3. The highest BCUT2D eigenvalue weighted by Crippen LogP contribution is 2.37. The molecule has 0 fully saturated rings. The molecule has 3 amide bonds. The topological polar surface area (TPSA) is 69.7 Å². The number of likely N-dealkylation sites (N-methyl/N-ethyl adjacent to an activating group) is 1. The third-order valence-corrected chi connectivity index (χ3v) is 5.76. The van der Waals surface area contributed by atoms with Crippen LogP contribution in [0.2, 0.25) is 0 Å². The molecule has 32 heavy (non-hydrogen) atoms. The number of halogens is 1. The zero-order valence-electron chi connectivity index (χ0n) is 18.0. The Morgan fingerprint density at radius 3 is 2.50 bits per heavy atom. The maximum absolute atomic E-state index is 14.3. The first-order valence-electron chi connectivity index (χ1n) is 10.6. The van der Waals surface area contributed by atoms with Crippen molar-refractivity contribution in [2.45, 2.75) is 26.4 Å². The van der Waals surface area contributed by atoms with Crippen LogP contribution in [-0.4, -0.2) is 41.8 Å². The van der Waals surface area contributed by atoms with Crippen molar-refractivity contribution < 1.29 is 18.8 Å². The smallest absolute Gasteiger partial charge is 0.259 e. The molecular weight excluding hydrogens is 409 g/mol. The lowest BCUT2D eigenvalue weighted by Crippen LogP contribution is -2.51. The summed E-state index contributed by atoms with van der Waals surface area (Å²) in [4.78, 5) is 41.7. The van der Waals surface area contributed by atoms with Crippen LogP contribution < -0.4 is 10.2 Å². The van der Waals surface area contributed by atoms with Crippen molar-refractivity contribution in [2.24, 2.45) is 0 Å². The van der Waals surface area contributed by atoms with Gasteiger partial charge in [0.05, 0.1) is 5.69 Å². The van der Waals surface area contributed by atoms with E-state index in [4.69, 9.17) is 0 Å². The van der Waals surface area contributed by atoms with Crippen LogP contribution in [0.25, 0.3) is 10.8 Å². The van der Waals surface area contributed by atoms with Crippen LogP contribution in [0.1, 0.15) is 29.8 Å². The van der Waals surface area contributed by atoms with Crippen LogP contribution in [0.3, 0.4) is 0 Å². The lowest BCUT2D eigenvalue weighted by atomic mass is 10.1. The molecule has 1 aliphatic rings. The first-order chi connectivity index (χ1) is 15.4. The molecule has 0 aromatic heterocycles. The molecule has 6 nitrogen and oxygen atoms in total. The van der Waals surface area contributed by atoms with Gasteiger partial charge in [-0.15, -0.1) is 0 Å². The molecule has 1 heterocycles. The molecule has 0 saturated carbocycles. The number of carbonyl (C=O) groups is 3. The summed E-state index contributed by atoms with van der Waals surface area (Å²) in [5, 5.41) is 4.44. The van der Waals surface area contributed by atoms with Crippen molar-refractivity contribution in [2.75, 3.05) is 18.0 Å². The van der Waals surface area contributed by atoms with E-state index < -0.39 is 17.8 Å². The van der Waals surface area contributed by atoms with Gasteiger partial charge in [-0.2, -0.15) is 0 Å². The SMILES string of the molecule is CCNC(=O)[C@@H](C)N(Cc1ccccc1F)C(=O)CN1C(=O)c2cccc3cccc1c23. The van der Waals surface area contributed by atoms with Gasteiger partial charge in [0.1, 0.15) is 18.4 Å². The molecule has 164 valence electrons. The van der Waals surface area contributed by atoms with E-state index in [2.05, 4.69) is 5.32 Å². The van der Waals surface area contributed by atoms with Gasteiger partial charge < -0.3 is 10.2 Å². The Bertz CT molecular complexity index is 1200. The largest absolute Gasteiger partial charge is 0.355 e. The molecule has 0 unspecified atom stereocenters. The van der Waals surface area contributed by atoms with E-state index in [1.54, 1.807) is 44.2 Å². The molecular formula is C25H24FN3O3. The zero-order valence-corrected chi connectivity index (χ0v) is 18.0. The molecule has 0 aliphatic carbocycles. The van der Waals surface area contributed by atoms with Crippen LogP contribution >= 0.6 is 0 Å². The third kappa shape index (κ3) is 3.82. The van der Waals surface area contributed by atoms with Gasteiger partial charge in [0, 0.05) is 29.6 Å². The second kappa shape index (κ2) is 8.78. The average Bonchev–Trinajstić information content (AvgIpc) is 3.06. The van der Waals surface area contributed by atoms with Gasteiger partial charge in [-0.1, -0.05) is 42.5 Å². The molecule has 1 N–H and O–H groups in total. The summed E-state index contributed by atoms with van der Waals surface area (Å²) < 4.78 is 14.3. The molecule has 4 rings (SSSR count). The van der Waals surface area contributed by atoms with E-state index >= 15 is 0 Å². The number of hydrogen-bond donors (Lipinski definition) is 1. The molecule has 3 aromatic carbocycles. The Balaban J connectivity index is 1.64. The predicted molar refractivity (Wildman–Crippen MR) is 121 cm³/mol. The maximum Gasteiger partial charge on any atom is 0.259 e. The molecule has 7 heteroatoms. The Morgan fingerprint density at radius 2 is 1.78 bits per heavy atom. The third-order valence-electron chi connectivity index (χ3n) is 5.76. The number of nitrogens with zero attached hydrogens (tertiary/aromatic N) is 2. The van der Waals surface area contributed by atoms with Crippen molar-refractivity contribution in [1.29, 1.82) is 0 Å². The van der Waals surface area contributed by atoms with Gasteiger partial charge in [-0.3, -0.25) is 19.3 Å². The summed E-state index contributed by atoms with van der Waals surface area (Å²) in [6, 6.07) is 16.3. The van der Waals surface area contributed by atoms with Gasteiger partial charge in [0.25, 0.3) is 5.91 Å². The lowest BCUT2D eigenvalue weighted by Gasteiger charge is -2.30. The first kappa shape index (κ1) is 21.5. The summed E-state index contributed by atoms with van der Waals surface area (Å²) >= 11 is 0. The summed E-state index contributed by atoms with van der Waals surface area (Å²) in [5.41, 5.74) is 1.51. The van der Waals surface area contributed by atoms with E-state index in [1.165, 1.54) is 15.9 Å². The molecule has 0 saturated heterocycles. The van der Waals surface area contributed by atoms with E-state index in [1.807, 2.05) is 24.3 Å². The highest BCUT2D eigenvalue weighted by atomic mass is 19.1. The number of anilines is 1. The Morgan fingerprint density at radius 1 is 1.06 bits per heavy atom. The quantitative estimate of drug-likeness (QED) is 0.620. The number of rotatable bonds is 7. The van der Waals surface area contributed by atoms with Gasteiger partial charge in [0.15, 0.2) is 0 Å². The number of nitrogens with one attached hydrogen (secondary N) is 1. The van der Waals surface area contributed by atoms with Gasteiger partial charge >= 0.3 is 0 Å². The minimum absolute atomic E-state index is 0.0804. The molecule has 0 radical (unpaired) electrons. The Hall–Kier alpha value is -3.74. The molecule has 1 aliphatic heterocycles. The normalized spacial score (nSPS) is 13.3. The van der Waals surface area contributed by atoms with Crippen LogP contribution in [0.5, 0.6) is 0 Å². The van der Waals surface area contributed by atoms with Crippen LogP contribution in [0.4, 0.5) is 10.1 Å². The number of amides is 3. The highest BCUT2D eigenvalue weighted by Gasteiger charge is 2.34. The van der Waals surface area contributed by atoms with Gasteiger partial charge in [-0.25, -0.2) is 4.39 Å². The zero-order chi connectivity index (χ0) is 22.8. The second-order valence-electron chi connectivity index (χ2n) is 7.76. The van der Waals surface area contributed by atoms with Crippen LogP contribution in [-0.2, 0) is 16.1 Å². The standard InChI is InChI=1S/C25H24FN3O3/c1-3-27-24(31)16(2)28(14-18-8-4-5-12-20(18)26)22(30)15-29-21-13-7-10-17-9-6-11-19(23(17)21)25(29)32/h4-13,16H,3,14-15H2,1-2H3,(H,27,31)/t16-/m1/s1. The fraction of sp³-hybridized carbons (Fsp3) is 0.240. The monoisotopic (exact) mass is 433 g/mol. The van der Waals surface area contributed by atoms with E-state index in [0.29, 0.717) is 23.4 Å². The van der Waals surface area contributed by atoms with E-state index in [0.717, 1.165) is 10.8 Å². The summed E-state index contributed by atoms with van der Waals surface area (Å²) in [7, 11) is 0. The minimum atomic E-state index is -0.835. The van der Waals surface area contributed by atoms with Crippen molar-refractivity contribution in [3.8, 4) is 0 Å². The number of benzene rings is 3. The van der Waals surface area contributed by atoms with Crippen molar-refractivity contribution in [3.05, 3.63) is 77.6 Å². The number of carbonyl (C=O) groups excluding carboxylic acids is 3. The first-order valence-corrected chi connectivity index (χ1v) is 10.6. The highest BCUT2D eigenvalue weighted by molar-refractivity contribution is 6.26. The van der Waals surface area contributed by atoms with E-state index in [9.17, 15) is 18.8 Å². The number of hydrogen-bond acceptors (Lipinski definition) is 3. The second-order valence-corrected chi connectivity index (χ2v) is 7.76. The molecule has 3 aromatic rings. The van der Waals surface area contributed by atoms with Crippen molar-refractivity contribution in [3.63, 3.8) is 0 Å². The Labute approximate surface area is 185 Å². The molecule has 0 bridgehead atoms. The van der Waals surface area contributed by atoms with Crippen LogP contribution in [0.15, 0.2) is 60.7 Å². The van der Waals surface area contributed by atoms with Crippen molar-refractivity contribution >= 4 is 34.2 Å². The molecule has 0 spiro atoms. The summed E-state index contributed by atoms with van der Waals surface area (Å²) in [5.74, 6) is -1.50. The minimum Gasteiger partial charge on any atom is -0.355 e. The Kier molecular flexibility index (Phi) is 5.90. The van der Waals surface area contributed by atoms with E-state index in [-0.39, 0.29) is 24.9 Å². The fourth-order valence-electron chi connectivity index (χ4n) is 4.08. The fourth-order valence-corrected chi connectivity index (χ4v) is 4.08. The lowest BCUT2D eigenvalue weighted by molar-refractivity contribution is -0.139. The van der Waals surface area contributed by atoms with Gasteiger partial charge in [0.2, 0.25) is 11.8 Å².